The summed E-state index contributed by atoms with van der Waals surface area (Å²) in [6, 6.07) is 86.8. The molecule has 0 N–H and O–H groups in total. The van der Waals surface area contributed by atoms with Gasteiger partial charge in [0.15, 0.2) is 0 Å². The number of rotatable bonds is 9. The van der Waals surface area contributed by atoms with E-state index >= 15 is 0 Å². The van der Waals surface area contributed by atoms with Gasteiger partial charge in [-0.2, -0.15) is 0 Å². The highest BCUT2D eigenvalue weighted by Crippen LogP contribution is 2.59. The van der Waals surface area contributed by atoms with Crippen molar-refractivity contribution in [3.63, 3.8) is 0 Å². The van der Waals surface area contributed by atoms with Crippen LogP contribution in [0.4, 0.5) is 22.7 Å². The second kappa shape index (κ2) is 21.9. The molecule has 2 aromatic heterocycles. The summed E-state index contributed by atoms with van der Waals surface area (Å²) in [7, 11) is 0. The van der Waals surface area contributed by atoms with Crippen LogP contribution in [0.25, 0.3) is 61.0 Å². The van der Waals surface area contributed by atoms with Gasteiger partial charge in [-0.15, -0.1) is 0 Å². The predicted molar refractivity (Wildman–Crippen MR) is 389 cm³/mol. The number of anilines is 4. The van der Waals surface area contributed by atoms with Crippen LogP contribution in [0.1, 0.15) is 154 Å². The van der Waals surface area contributed by atoms with Crippen LogP contribution in [-0.4, -0.2) is 16.2 Å². The normalized spacial score (nSPS) is 14.0. The van der Waals surface area contributed by atoms with E-state index in [9.17, 15) is 0 Å². The minimum Gasteiger partial charge on any atom is -0.457 e. The number of benzene rings is 10. The third-order valence-electron chi connectivity index (χ3n) is 19.5. The van der Waals surface area contributed by atoms with E-state index in [1.807, 2.05) is 6.20 Å². The fourth-order valence-electron chi connectivity index (χ4n) is 14.3. The molecule has 0 atom stereocenters. The molecule has 1 aliphatic heterocycles. The third-order valence-corrected chi connectivity index (χ3v) is 19.5. The SMILES string of the molecule is CC(C)(C)c1cc(C(C)(C)C)cc(C2(c3cc(Oc4ccc5c6ccc(C(C)(C)C)cc6n(-c6cc(C(C)(C)C)ccn6)c5c4)cc(N4CN(c5c(-c6ccccc6)cc(C(C)(C)C)cc5-c5ccccc5)c5ccccc54)c3)c3ccccc3-c3ccccc32)c1. The predicted octanol–water partition coefficient (Wildman–Crippen LogP) is 23.4. The quantitative estimate of drug-likeness (QED) is 0.144. The largest absolute Gasteiger partial charge is 0.457 e. The zero-order chi connectivity index (χ0) is 64.4. The van der Waals surface area contributed by atoms with Gasteiger partial charge in [0.05, 0.1) is 33.5 Å². The first-order chi connectivity index (χ1) is 43.7. The minimum absolute atomic E-state index is 0.0641. The number of aromatic nitrogens is 2. The molecule has 460 valence electrons. The Morgan fingerprint density at radius 3 is 1.38 bits per heavy atom. The summed E-state index contributed by atoms with van der Waals surface area (Å²) in [6.45, 7) is 35.3. The van der Waals surface area contributed by atoms with Crippen molar-refractivity contribution in [1.29, 1.82) is 0 Å². The molecule has 0 spiro atoms. The molecule has 14 rings (SSSR count). The van der Waals surface area contributed by atoms with Gasteiger partial charge < -0.3 is 14.5 Å². The highest BCUT2D eigenvalue weighted by molar-refractivity contribution is 6.10. The maximum atomic E-state index is 7.67. The van der Waals surface area contributed by atoms with Crippen LogP contribution in [0.3, 0.4) is 0 Å². The summed E-state index contributed by atoms with van der Waals surface area (Å²) in [5.74, 6) is 2.36. The van der Waals surface area contributed by atoms with Crippen molar-refractivity contribution in [2.45, 2.75) is 136 Å². The molecule has 0 unspecified atom stereocenters. The van der Waals surface area contributed by atoms with Gasteiger partial charge in [0.25, 0.3) is 0 Å². The van der Waals surface area contributed by atoms with E-state index in [-0.39, 0.29) is 27.1 Å². The topological polar surface area (TPSA) is 33.5 Å². The van der Waals surface area contributed by atoms with Crippen LogP contribution < -0.4 is 14.5 Å². The van der Waals surface area contributed by atoms with Crippen LogP contribution in [0.5, 0.6) is 11.5 Å². The molecule has 0 saturated carbocycles. The standard InChI is InChI=1S/C87H86N4O/c1-82(2,3)58-38-40-70-71-41-39-66(54-79(71)91(78(70)51-58)80-52-59(42-43-88-80)83(4,5)6)92-67-48-64(87(63-45-60(84(7,8)9)44-61(46-63)85(10,11)12)74-34-24-22-32-68(74)69-33-23-25-35-75(69)87)47-65(53-67)89-55-90(77-37-27-26-36-76(77)89)81-72(56-28-18-16-19-29-56)49-62(86(13,14)15)50-73(81)57-30-20-17-21-31-57/h16-54H,55H2,1-15H3. The molecule has 2 aliphatic rings. The molecule has 10 aromatic carbocycles. The van der Waals surface area contributed by atoms with E-state index < -0.39 is 5.41 Å². The van der Waals surface area contributed by atoms with E-state index in [2.05, 4.69) is 349 Å². The van der Waals surface area contributed by atoms with E-state index in [0.29, 0.717) is 6.67 Å². The number of fused-ring (bicyclic) bond motifs is 7. The molecule has 0 amide bonds. The van der Waals surface area contributed by atoms with Gasteiger partial charge in [-0.1, -0.05) is 256 Å². The van der Waals surface area contributed by atoms with Crippen molar-refractivity contribution in [1.82, 2.24) is 9.55 Å². The van der Waals surface area contributed by atoms with E-state index in [0.717, 1.165) is 56.4 Å². The van der Waals surface area contributed by atoms with Gasteiger partial charge >= 0.3 is 0 Å². The fourth-order valence-corrected chi connectivity index (χ4v) is 14.3. The lowest BCUT2D eigenvalue weighted by Crippen LogP contribution is -2.31. The zero-order valence-corrected chi connectivity index (χ0v) is 56.4. The van der Waals surface area contributed by atoms with Crippen molar-refractivity contribution >= 4 is 44.6 Å². The van der Waals surface area contributed by atoms with Crippen molar-refractivity contribution in [3.8, 4) is 50.7 Å². The Morgan fingerprint density at radius 2 is 0.826 bits per heavy atom. The van der Waals surface area contributed by atoms with Crippen LogP contribution in [0.2, 0.25) is 0 Å². The molecule has 3 heterocycles. The summed E-state index contributed by atoms with van der Waals surface area (Å²) >= 11 is 0. The lowest BCUT2D eigenvalue weighted by atomic mass is 9.65. The van der Waals surface area contributed by atoms with Gasteiger partial charge in [0.1, 0.15) is 24.0 Å². The maximum absolute atomic E-state index is 7.67. The van der Waals surface area contributed by atoms with E-state index in [4.69, 9.17) is 9.72 Å². The number of pyridine rings is 1. The number of para-hydroxylation sites is 2. The monoisotopic (exact) mass is 1200 g/mol. The molecular weight excluding hydrogens is 1120 g/mol. The van der Waals surface area contributed by atoms with Crippen molar-refractivity contribution in [2.24, 2.45) is 0 Å². The zero-order valence-electron chi connectivity index (χ0n) is 56.4. The second-order valence-electron chi connectivity index (χ2n) is 31.0. The van der Waals surface area contributed by atoms with E-state index in [1.54, 1.807) is 0 Å². The molecule has 5 nitrogen and oxygen atoms in total. The summed E-state index contributed by atoms with van der Waals surface area (Å²) < 4.78 is 10.0. The molecule has 0 fully saturated rings. The average molecular weight is 1200 g/mol. The van der Waals surface area contributed by atoms with Gasteiger partial charge in [0, 0.05) is 45.9 Å². The smallest absolute Gasteiger partial charge is 0.137 e. The van der Waals surface area contributed by atoms with Crippen LogP contribution in [-0.2, 0) is 32.5 Å². The molecular formula is C87H86N4O. The Hall–Kier alpha value is -9.45. The number of nitrogens with zero attached hydrogens (tertiary/aromatic N) is 4. The molecule has 92 heavy (non-hydrogen) atoms. The van der Waals surface area contributed by atoms with Gasteiger partial charge in [-0.25, -0.2) is 4.98 Å². The minimum atomic E-state index is -0.782. The van der Waals surface area contributed by atoms with Crippen molar-refractivity contribution in [2.75, 3.05) is 16.5 Å². The van der Waals surface area contributed by atoms with Gasteiger partial charge in [0.2, 0.25) is 0 Å². The summed E-state index contributed by atoms with van der Waals surface area (Å²) in [5, 5.41) is 2.32. The third kappa shape index (κ3) is 10.4. The molecule has 0 saturated heterocycles. The first kappa shape index (κ1) is 60.1. The Labute approximate surface area is 546 Å². The van der Waals surface area contributed by atoms with E-state index in [1.165, 1.54) is 89.0 Å². The highest BCUT2D eigenvalue weighted by atomic mass is 16.5. The molecule has 0 bridgehead atoms. The molecule has 5 heteroatoms. The Bertz CT molecular complexity index is 4700. The summed E-state index contributed by atoms with van der Waals surface area (Å²) in [5.41, 5.74) is 23.8. The second-order valence-corrected chi connectivity index (χ2v) is 31.0. The number of ether oxygens (including phenoxy) is 1. The summed E-state index contributed by atoms with van der Waals surface area (Å²) in [4.78, 5) is 10.2. The average Bonchev–Trinajstić information content (AvgIpc) is 1.52. The van der Waals surface area contributed by atoms with Crippen molar-refractivity contribution in [3.05, 3.63) is 287 Å². The Morgan fingerprint density at radius 1 is 0.359 bits per heavy atom. The lowest BCUT2D eigenvalue weighted by Gasteiger charge is -2.37. The number of hydrogen-bond acceptors (Lipinski definition) is 4. The van der Waals surface area contributed by atoms with Gasteiger partial charge in [-0.05, 0) is 166 Å². The number of hydrogen-bond donors (Lipinski definition) is 0. The van der Waals surface area contributed by atoms with Crippen LogP contribution >= 0.6 is 0 Å². The van der Waals surface area contributed by atoms with Crippen LogP contribution in [0, 0.1) is 0 Å². The maximum Gasteiger partial charge on any atom is 0.137 e. The lowest BCUT2D eigenvalue weighted by molar-refractivity contribution is 0.481. The fraction of sp³-hybridized carbons (Fsp3) is 0.253. The first-order valence-corrected chi connectivity index (χ1v) is 32.9. The van der Waals surface area contributed by atoms with Crippen LogP contribution in [0.15, 0.2) is 237 Å². The molecule has 0 radical (unpaired) electrons. The molecule has 1 aliphatic carbocycles. The Balaban J connectivity index is 1.04. The van der Waals surface area contributed by atoms with Crippen molar-refractivity contribution < 1.29 is 4.74 Å². The van der Waals surface area contributed by atoms with Gasteiger partial charge in [-0.3, -0.25) is 4.57 Å². The first-order valence-electron chi connectivity index (χ1n) is 32.9. The molecule has 12 aromatic rings. The highest BCUT2D eigenvalue weighted by Gasteiger charge is 2.48. The summed E-state index contributed by atoms with van der Waals surface area (Å²) in [6.07, 6.45) is 1.97. The Kier molecular flexibility index (Phi) is 14.3.